The molecule has 2 heterocycles. The fourth-order valence-electron chi connectivity index (χ4n) is 1.37. The Morgan fingerprint density at radius 3 is 3.07 bits per heavy atom. The van der Waals surface area contributed by atoms with Crippen LogP contribution in [0, 0.1) is 0 Å². The highest BCUT2D eigenvalue weighted by Gasteiger charge is 2.05. The number of hydrogen-bond acceptors (Lipinski definition) is 2. The molecular formula is C10H9ClN2O. The van der Waals surface area contributed by atoms with Gasteiger partial charge in [0.05, 0.1) is 23.2 Å². The van der Waals surface area contributed by atoms with Crippen LogP contribution in [-0.4, -0.2) is 15.2 Å². The molecule has 0 fully saturated rings. The number of carbonyl (C=O) groups excluding carboxylic acids is 1. The van der Waals surface area contributed by atoms with Gasteiger partial charge in [0.15, 0.2) is 0 Å². The number of fused-ring (bicyclic) bond motifs is 1. The second kappa shape index (κ2) is 3.42. The lowest BCUT2D eigenvalue weighted by Crippen LogP contribution is -2.01. The van der Waals surface area contributed by atoms with Crippen molar-refractivity contribution in [3.63, 3.8) is 0 Å². The van der Waals surface area contributed by atoms with E-state index < -0.39 is 0 Å². The zero-order valence-electron chi connectivity index (χ0n) is 7.70. The molecule has 14 heavy (non-hydrogen) atoms. The maximum absolute atomic E-state index is 11.0. The summed E-state index contributed by atoms with van der Waals surface area (Å²) in [6.45, 7) is 1.55. The lowest BCUT2D eigenvalue weighted by atomic mass is 10.3. The molecule has 0 N–H and O–H groups in total. The Hall–Kier alpha value is -1.35. The fraction of sp³-hybridized carbons (Fsp3) is 0.200. The van der Waals surface area contributed by atoms with Crippen molar-refractivity contribution in [3.05, 3.63) is 35.4 Å². The third-order valence-corrected chi connectivity index (χ3v) is 2.20. The standard InChI is InChI=1S/C10H9ClN2O/c1-7(14)4-10-12-5-9-3-2-8(11)6-13(9)10/h2-3,5-6H,4H2,1H3. The van der Waals surface area contributed by atoms with Gasteiger partial charge in [-0.15, -0.1) is 0 Å². The van der Waals surface area contributed by atoms with Gasteiger partial charge in [-0.3, -0.25) is 4.79 Å². The fourth-order valence-corrected chi connectivity index (χ4v) is 1.53. The maximum Gasteiger partial charge on any atom is 0.137 e. The molecular weight excluding hydrogens is 200 g/mol. The van der Waals surface area contributed by atoms with Crippen molar-refractivity contribution < 1.29 is 4.79 Å². The first-order valence-corrected chi connectivity index (χ1v) is 4.65. The first kappa shape index (κ1) is 9.21. The Morgan fingerprint density at radius 2 is 2.36 bits per heavy atom. The van der Waals surface area contributed by atoms with E-state index in [1.807, 2.05) is 10.5 Å². The van der Waals surface area contributed by atoms with E-state index in [0.717, 1.165) is 11.3 Å². The van der Waals surface area contributed by atoms with Gasteiger partial charge in [0, 0.05) is 6.20 Å². The van der Waals surface area contributed by atoms with Gasteiger partial charge in [0.2, 0.25) is 0 Å². The zero-order chi connectivity index (χ0) is 10.1. The van der Waals surface area contributed by atoms with Crippen LogP contribution in [0.5, 0.6) is 0 Å². The number of aromatic nitrogens is 2. The number of pyridine rings is 1. The smallest absolute Gasteiger partial charge is 0.137 e. The molecule has 0 atom stereocenters. The molecule has 2 aromatic rings. The average molecular weight is 209 g/mol. The van der Waals surface area contributed by atoms with Crippen molar-refractivity contribution in [2.45, 2.75) is 13.3 Å². The summed E-state index contributed by atoms with van der Waals surface area (Å²) in [7, 11) is 0. The average Bonchev–Trinajstić information content (AvgIpc) is 2.47. The largest absolute Gasteiger partial charge is 0.302 e. The lowest BCUT2D eigenvalue weighted by molar-refractivity contribution is -0.116. The molecule has 0 aliphatic heterocycles. The van der Waals surface area contributed by atoms with Crippen LogP contribution in [0.4, 0.5) is 0 Å². The van der Waals surface area contributed by atoms with E-state index in [0.29, 0.717) is 11.4 Å². The second-order valence-electron chi connectivity index (χ2n) is 3.20. The van der Waals surface area contributed by atoms with Gasteiger partial charge in [0.25, 0.3) is 0 Å². The first-order valence-electron chi connectivity index (χ1n) is 4.28. The van der Waals surface area contributed by atoms with Crippen molar-refractivity contribution in [1.82, 2.24) is 9.38 Å². The molecule has 0 aromatic carbocycles. The van der Waals surface area contributed by atoms with Gasteiger partial charge in [-0.25, -0.2) is 4.98 Å². The molecule has 3 nitrogen and oxygen atoms in total. The minimum Gasteiger partial charge on any atom is -0.302 e. The molecule has 2 rings (SSSR count). The summed E-state index contributed by atoms with van der Waals surface area (Å²) >= 11 is 5.85. The van der Waals surface area contributed by atoms with Crippen molar-refractivity contribution in [2.24, 2.45) is 0 Å². The van der Waals surface area contributed by atoms with E-state index in [1.165, 1.54) is 0 Å². The van der Waals surface area contributed by atoms with Gasteiger partial charge in [-0.2, -0.15) is 0 Å². The van der Waals surface area contributed by atoms with E-state index >= 15 is 0 Å². The normalized spacial score (nSPS) is 10.7. The lowest BCUT2D eigenvalue weighted by Gasteiger charge is -1.99. The number of nitrogens with zero attached hydrogens (tertiary/aromatic N) is 2. The molecule has 0 saturated carbocycles. The van der Waals surface area contributed by atoms with E-state index in [9.17, 15) is 4.79 Å². The summed E-state index contributed by atoms with van der Waals surface area (Å²) in [5.74, 6) is 0.826. The minimum atomic E-state index is 0.0949. The zero-order valence-corrected chi connectivity index (χ0v) is 8.45. The van der Waals surface area contributed by atoms with Crippen molar-refractivity contribution >= 4 is 22.9 Å². The van der Waals surface area contributed by atoms with E-state index in [2.05, 4.69) is 4.98 Å². The van der Waals surface area contributed by atoms with Crippen LogP contribution in [0.1, 0.15) is 12.7 Å². The first-order chi connectivity index (χ1) is 6.66. The summed E-state index contributed by atoms with van der Waals surface area (Å²) in [6, 6.07) is 3.68. The molecule has 0 aliphatic carbocycles. The Labute approximate surface area is 86.3 Å². The van der Waals surface area contributed by atoms with Crippen LogP contribution in [0.25, 0.3) is 5.52 Å². The molecule has 2 aromatic heterocycles. The summed E-state index contributed by atoms with van der Waals surface area (Å²) in [6.07, 6.45) is 3.84. The monoisotopic (exact) mass is 208 g/mol. The molecule has 4 heteroatoms. The topological polar surface area (TPSA) is 34.4 Å². The summed E-state index contributed by atoms with van der Waals surface area (Å²) in [5, 5.41) is 0.639. The Morgan fingerprint density at radius 1 is 1.57 bits per heavy atom. The van der Waals surface area contributed by atoms with Gasteiger partial charge >= 0.3 is 0 Å². The number of carbonyl (C=O) groups is 1. The highest BCUT2D eigenvalue weighted by molar-refractivity contribution is 6.30. The third kappa shape index (κ3) is 1.63. The number of halogens is 1. The Bertz CT molecular complexity index is 490. The number of rotatable bonds is 2. The van der Waals surface area contributed by atoms with Gasteiger partial charge in [-0.1, -0.05) is 11.6 Å². The summed E-state index contributed by atoms with van der Waals surface area (Å²) in [5.41, 5.74) is 0.950. The van der Waals surface area contributed by atoms with Gasteiger partial charge < -0.3 is 4.40 Å². The molecule has 0 radical (unpaired) electrons. The number of Topliss-reactive ketones (excluding diaryl/α,β-unsaturated/α-hetero) is 1. The SMILES string of the molecule is CC(=O)Cc1ncc2ccc(Cl)cn12. The number of imidazole rings is 1. The van der Waals surface area contributed by atoms with Crippen molar-refractivity contribution in [3.8, 4) is 0 Å². The van der Waals surface area contributed by atoms with Crippen LogP contribution in [0.2, 0.25) is 5.02 Å². The van der Waals surface area contributed by atoms with E-state index in [1.54, 1.807) is 25.4 Å². The third-order valence-electron chi connectivity index (χ3n) is 1.97. The summed E-state index contributed by atoms with van der Waals surface area (Å²) < 4.78 is 1.84. The highest BCUT2D eigenvalue weighted by Crippen LogP contribution is 2.13. The Kier molecular flexibility index (Phi) is 2.25. The van der Waals surface area contributed by atoms with Gasteiger partial charge in [0.1, 0.15) is 11.6 Å². The molecule has 72 valence electrons. The van der Waals surface area contributed by atoms with E-state index in [4.69, 9.17) is 11.6 Å². The van der Waals surface area contributed by atoms with Crippen LogP contribution >= 0.6 is 11.6 Å². The minimum absolute atomic E-state index is 0.0949. The molecule has 0 amide bonds. The molecule has 0 bridgehead atoms. The van der Waals surface area contributed by atoms with Crippen LogP contribution < -0.4 is 0 Å². The number of ketones is 1. The van der Waals surface area contributed by atoms with Crippen LogP contribution in [-0.2, 0) is 11.2 Å². The second-order valence-corrected chi connectivity index (χ2v) is 3.63. The molecule has 0 spiro atoms. The predicted octanol–water partition coefficient (Wildman–Crippen LogP) is 2.12. The van der Waals surface area contributed by atoms with Crippen LogP contribution in [0.15, 0.2) is 24.5 Å². The molecule has 0 saturated heterocycles. The van der Waals surface area contributed by atoms with Crippen molar-refractivity contribution in [2.75, 3.05) is 0 Å². The predicted molar refractivity (Wildman–Crippen MR) is 54.6 cm³/mol. The van der Waals surface area contributed by atoms with Gasteiger partial charge in [-0.05, 0) is 19.1 Å². The molecule has 0 aliphatic rings. The van der Waals surface area contributed by atoms with E-state index in [-0.39, 0.29) is 5.78 Å². The summed E-state index contributed by atoms with van der Waals surface area (Å²) in [4.78, 5) is 15.1. The quantitative estimate of drug-likeness (QED) is 0.758. The number of hydrogen-bond donors (Lipinski definition) is 0. The van der Waals surface area contributed by atoms with Crippen molar-refractivity contribution in [1.29, 1.82) is 0 Å². The highest BCUT2D eigenvalue weighted by atomic mass is 35.5. The molecule has 0 unspecified atom stereocenters. The Balaban J connectivity index is 2.55. The van der Waals surface area contributed by atoms with Crippen LogP contribution in [0.3, 0.4) is 0 Å². The maximum atomic E-state index is 11.0.